The number of nitrogens with zero attached hydrogens (tertiary/aromatic N) is 2. The molecular formula is C19H24BN3O2. The van der Waals surface area contributed by atoms with Crippen LogP contribution in [-0.4, -0.2) is 36.6 Å². The van der Waals surface area contributed by atoms with Gasteiger partial charge in [-0.25, -0.2) is 0 Å². The Kier molecular flexibility index (Phi) is 4.43. The van der Waals surface area contributed by atoms with E-state index in [1.54, 1.807) is 13.3 Å². The Hall–Kier alpha value is -2.18. The molecule has 1 aromatic carbocycles. The zero-order chi connectivity index (χ0) is 18.2. The van der Waals surface area contributed by atoms with Gasteiger partial charge >= 0.3 is 7.12 Å². The smallest absolute Gasteiger partial charge is 0.404 e. The number of hydrogen-bond donors (Lipinski definition) is 1. The Balaban J connectivity index is 2.05. The van der Waals surface area contributed by atoms with Crippen LogP contribution in [0.15, 0.2) is 41.7 Å². The second-order valence-electron chi connectivity index (χ2n) is 7.24. The van der Waals surface area contributed by atoms with E-state index < -0.39 is 7.12 Å². The number of aliphatic imine (C=N–C) groups is 1. The van der Waals surface area contributed by atoms with Crippen molar-refractivity contribution in [1.82, 2.24) is 4.98 Å². The highest BCUT2D eigenvalue weighted by Crippen LogP contribution is 2.37. The van der Waals surface area contributed by atoms with Gasteiger partial charge in [0.2, 0.25) is 0 Å². The summed E-state index contributed by atoms with van der Waals surface area (Å²) in [6, 6.07) is 8.09. The third-order valence-corrected chi connectivity index (χ3v) is 5.05. The molecule has 1 aliphatic heterocycles. The van der Waals surface area contributed by atoms with Crippen molar-refractivity contribution in [1.29, 1.82) is 0 Å². The summed E-state index contributed by atoms with van der Waals surface area (Å²) in [6.07, 6.45) is 5.06. The largest absolute Gasteiger partial charge is 0.495 e. The summed E-state index contributed by atoms with van der Waals surface area (Å²) in [5, 5.41) is 2.07. The molecule has 1 aromatic heterocycles. The predicted molar refractivity (Wildman–Crippen MR) is 104 cm³/mol. The van der Waals surface area contributed by atoms with Crippen LogP contribution in [-0.2, 0) is 9.31 Å². The summed E-state index contributed by atoms with van der Waals surface area (Å²) < 4.78 is 12.4. The molecule has 0 spiro atoms. The van der Waals surface area contributed by atoms with Crippen LogP contribution in [0.1, 0.15) is 33.4 Å². The number of rotatable bonds is 3. The van der Waals surface area contributed by atoms with Crippen molar-refractivity contribution in [3.05, 3.63) is 42.4 Å². The molecular weight excluding hydrogens is 313 g/mol. The molecule has 2 N–H and O–H groups in total. The van der Waals surface area contributed by atoms with Crippen LogP contribution in [0.3, 0.4) is 0 Å². The van der Waals surface area contributed by atoms with E-state index in [0.29, 0.717) is 0 Å². The van der Waals surface area contributed by atoms with Crippen LogP contribution in [0.5, 0.6) is 0 Å². The number of nitrogens with two attached hydrogens (primary N) is 1. The van der Waals surface area contributed by atoms with Crippen molar-refractivity contribution in [2.45, 2.75) is 38.9 Å². The normalized spacial score (nSPS) is 19.9. The van der Waals surface area contributed by atoms with Gasteiger partial charge < -0.3 is 15.0 Å². The third-order valence-electron chi connectivity index (χ3n) is 5.05. The van der Waals surface area contributed by atoms with Crippen molar-refractivity contribution < 1.29 is 9.31 Å². The first kappa shape index (κ1) is 17.6. The van der Waals surface area contributed by atoms with E-state index in [4.69, 9.17) is 15.0 Å². The van der Waals surface area contributed by atoms with Crippen LogP contribution < -0.4 is 11.2 Å². The number of benzene rings is 1. The zero-order valence-corrected chi connectivity index (χ0v) is 15.4. The highest BCUT2D eigenvalue weighted by atomic mass is 16.7. The van der Waals surface area contributed by atoms with Gasteiger partial charge in [-0.15, -0.1) is 0 Å². The Bertz CT molecular complexity index is 843. The quantitative estimate of drug-likeness (QED) is 0.690. The molecule has 0 saturated carbocycles. The SMILES string of the molecule is CN=C/C(=C\N)c1cc2cccc(B3OC(C)(C)C(C)(C)O3)c2cn1. The van der Waals surface area contributed by atoms with Crippen molar-refractivity contribution in [2.75, 3.05) is 7.05 Å². The van der Waals surface area contributed by atoms with Crippen molar-refractivity contribution >= 4 is 35.1 Å². The molecule has 1 fully saturated rings. The lowest BCUT2D eigenvalue weighted by molar-refractivity contribution is 0.00578. The third kappa shape index (κ3) is 3.07. The maximum absolute atomic E-state index is 6.19. The molecule has 6 heteroatoms. The summed E-state index contributed by atoms with van der Waals surface area (Å²) in [4.78, 5) is 8.57. The number of allylic oxidation sites excluding steroid dienone is 1. The van der Waals surface area contributed by atoms with Gasteiger partial charge in [0.25, 0.3) is 0 Å². The van der Waals surface area contributed by atoms with Gasteiger partial charge in [0, 0.05) is 31.2 Å². The Morgan fingerprint density at radius 2 is 1.88 bits per heavy atom. The van der Waals surface area contributed by atoms with Gasteiger partial charge in [-0.05, 0) is 50.0 Å². The molecule has 0 amide bonds. The molecule has 0 aliphatic carbocycles. The molecule has 2 aromatic rings. The van der Waals surface area contributed by atoms with E-state index in [9.17, 15) is 0 Å². The number of fused-ring (bicyclic) bond motifs is 1. The fourth-order valence-corrected chi connectivity index (χ4v) is 2.86. The summed E-state index contributed by atoms with van der Waals surface area (Å²) in [5.74, 6) is 0. The first-order valence-electron chi connectivity index (χ1n) is 8.38. The second-order valence-corrected chi connectivity index (χ2v) is 7.24. The lowest BCUT2D eigenvalue weighted by atomic mass is 9.76. The molecule has 0 bridgehead atoms. The molecule has 3 rings (SSSR count). The Morgan fingerprint density at radius 3 is 2.48 bits per heavy atom. The maximum atomic E-state index is 6.19. The summed E-state index contributed by atoms with van der Waals surface area (Å²) in [7, 11) is 1.30. The lowest BCUT2D eigenvalue weighted by Crippen LogP contribution is -2.41. The van der Waals surface area contributed by atoms with E-state index in [0.717, 1.165) is 27.5 Å². The lowest BCUT2D eigenvalue weighted by Gasteiger charge is -2.32. The van der Waals surface area contributed by atoms with E-state index in [1.807, 2.05) is 30.5 Å². The first-order chi connectivity index (χ1) is 11.8. The molecule has 1 saturated heterocycles. The van der Waals surface area contributed by atoms with Crippen LogP contribution in [0.2, 0.25) is 0 Å². The standard InChI is InChI=1S/C19H24BN3O2/c1-18(2)19(3,4)25-20(24-18)16-8-6-7-13-9-17(23-12-15(13)16)14(10-21)11-22-5/h6-12H,21H2,1-5H3/b14-10+,22-11?. The van der Waals surface area contributed by atoms with Gasteiger partial charge in [0.05, 0.1) is 16.9 Å². The van der Waals surface area contributed by atoms with Crippen LogP contribution in [0.25, 0.3) is 16.3 Å². The minimum Gasteiger partial charge on any atom is -0.404 e. The molecule has 2 heterocycles. The van der Waals surface area contributed by atoms with Gasteiger partial charge in [-0.3, -0.25) is 9.98 Å². The highest BCUT2D eigenvalue weighted by Gasteiger charge is 2.52. The monoisotopic (exact) mass is 337 g/mol. The summed E-state index contributed by atoms with van der Waals surface area (Å²) in [6.45, 7) is 8.21. The fraction of sp³-hybridized carbons (Fsp3) is 0.368. The van der Waals surface area contributed by atoms with Gasteiger partial charge in [-0.2, -0.15) is 0 Å². The predicted octanol–water partition coefficient (Wildman–Crippen LogP) is 2.53. The second kappa shape index (κ2) is 6.28. The molecule has 1 aliphatic rings. The van der Waals surface area contributed by atoms with E-state index in [2.05, 4.69) is 37.7 Å². The average molecular weight is 337 g/mol. The van der Waals surface area contributed by atoms with Gasteiger partial charge in [0.1, 0.15) is 0 Å². The number of hydrogen-bond acceptors (Lipinski definition) is 5. The fourth-order valence-electron chi connectivity index (χ4n) is 2.86. The minimum absolute atomic E-state index is 0.375. The van der Waals surface area contributed by atoms with Crippen molar-refractivity contribution in [3.63, 3.8) is 0 Å². The molecule has 0 radical (unpaired) electrons. The average Bonchev–Trinajstić information content (AvgIpc) is 2.79. The molecule has 0 unspecified atom stereocenters. The van der Waals surface area contributed by atoms with Crippen molar-refractivity contribution in [2.24, 2.45) is 10.7 Å². The molecule has 5 nitrogen and oxygen atoms in total. The van der Waals surface area contributed by atoms with Gasteiger partial charge in [0.15, 0.2) is 0 Å². The van der Waals surface area contributed by atoms with E-state index in [-0.39, 0.29) is 11.2 Å². The number of aromatic nitrogens is 1. The zero-order valence-electron chi connectivity index (χ0n) is 15.4. The Labute approximate surface area is 149 Å². The molecule has 0 atom stereocenters. The Morgan fingerprint density at radius 1 is 1.20 bits per heavy atom. The maximum Gasteiger partial charge on any atom is 0.495 e. The first-order valence-corrected chi connectivity index (χ1v) is 8.38. The molecule has 25 heavy (non-hydrogen) atoms. The topological polar surface area (TPSA) is 69.7 Å². The number of pyridine rings is 1. The van der Waals surface area contributed by atoms with Crippen LogP contribution >= 0.6 is 0 Å². The minimum atomic E-state index is -0.414. The van der Waals surface area contributed by atoms with Crippen LogP contribution in [0, 0.1) is 0 Å². The highest BCUT2D eigenvalue weighted by molar-refractivity contribution is 6.65. The van der Waals surface area contributed by atoms with Crippen LogP contribution in [0.4, 0.5) is 0 Å². The van der Waals surface area contributed by atoms with Gasteiger partial charge in [-0.1, -0.05) is 18.2 Å². The van der Waals surface area contributed by atoms with E-state index >= 15 is 0 Å². The summed E-state index contributed by atoms with van der Waals surface area (Å²) >= 11 is 0. The molecule has 130 valence electrons. The van der Waals surface area contributed by atoms with E-state index in [1.165, 1.54) is 6.20 Å². The van der Waals surface area contributed by atoms with Crippen molar-refractivity contribution in [3.8, 4) is 0 Å². The summed E-state index contributed by atoms with van der Waals surface area (Å²) in [5.41, 5.74) is 7.49.